The summed E-state index contributed by atoms with van der Waals surface area (Å²) in [4.78, 5) is 10.8. The van der Waals surface area contributed by atoms with Crippen LogP contribution in [0.4, 0.5) is 0 Å². The zero-order valence-corrected chi connectivity index (χ0v) is 6.58. The van der Waals surface area contributed by atoms with Crippen molar-refractivity contribution in [1.29, 1.82) is 0 Å². The lowest BCUT2D eigenvalue weighted by Crippen LogP contribution is -2.03. The lowest BCUT2D eigenvalue weighted by atomic mass is 10.1. The van der Waals surface area contributed by atoms with Crippen LogP contribution in [0.3, 0.4) is 0 Å². The molecular weight excluding hydrogens is 144 g/mol. The molecular formula is C8H12O3. The Bertz CT molecular complexity index is 163. The standard InChI is InChI=1S/C8H12O3/c1-2-10-5-3-7-4-6-11-8(7)9/h3,5,7H,2,4,6H2,1H3/b5-3-. The molecule has 62 valence electrons. The van der Waals surface area contributed by atoms with Crippen LogP contribution in [-0.2, 0) is 14.3 Å². The van der Waals surface area contributed by atoms with E-state index < -0.39 is 0 Å². The van der Waals surface area contributed by atoms with Crippen molar-refractivity contribution in [3.63, 3.8) is 0 Å². The first-order valence-corrected chi connectivity index (χ1v) is 3.79. The molecule has 0 aliphatic carbocycles. The first-order chi connectivity index (χ1) is 5.34. The van der Waals surface area contributed by atoms with Crippen LogP contribution in [0.25, 0.3) is 0 Å². The molecule has 0 saturated carbocycles. The second-order valence-corrected chi connectivity index (χ2v) is 2.35. The first-order valence-electron chi connectivity index (χ1n) is 3.79. The van der Waals surface area contributed by atoms with Gasteiger partial charge in [0.2, 0.25) is 0 Å². The van der Waals surface area contributed by atoms with Gasteiger partial charge in [-0.15, -0.1) is 0 Å². The SMILES string of the molecule is CCO/C=C\C1CCOC1=O. The van der Waals surface area contributed by atoms with Gasteiger partial charge >= 0.3 is 5.97 Å². The highest BCUT2D eigenvalue weighted by Crippen LogP contribution is 2.15. The van der Waals surface area contributed by atoms with Gasteiger partial charge in [-0.1, -0.05) is 0 Å². The summed E-state index contributed by atoms with van der Waals surface area (Å²) in [5, 5.41) is 0. The Labute approximate surface area is 66.0 Å². The van der Waals surface area contributed by atoms with Gasteiger partial charge in [-0.3, -0.25) is 4.79 Å². The number of ether oxygens (including phenoxy) is 2. The van der Waals surface area contributed by atoms with Gasteiger partial charge < -0.3 is 9.47 Å². The smallest absolute Gasteiger partial charge is 0.313 e. The normalized spacial score (nSPS) is 24.1. The fourth-order valence-corrected chi connectivity index (χ4v) is 0.933. The van der Waals surface area contributed by atoms with Gasteiger partial charge in [-0.2, -0.15) is 0 Å². The summed E-state index contributed by atoms with van der Waals surface area (Å²) < 4.78 is 9.71. The summed E-state index contributed by atoms with van der Waals surface area (Å²) in [6.45, 7) is 3.08. The van der Waals surface area contributed by atoms with Gasteiger partial charge in [0.05, 0.1) is 25.4 Å². The minimum absolute atomic E-state index is 0.0819. The van der Waals surface area contributed by atoms with Gasteiger partial charge in [-0.05, 0) is 19.4 Å². The second-order valence-electron chi connectivity index (χ2n) is 2.35. The zero-order valence-electron chi connectivity index (χ0n) is 6.58. The molecule has 0 amide bonds. The molecule has 1 rings (SSSR count). The third-order valence-electron chi connectivity index (χ3n) is 1.55. The third-order valence-corrected chi connectivity index (χ3v) is 1.55. The highest BCUT2D eigenvalue weighted by Gasteiger charge is 2.23. The quantitative estimate of drug-likeness (QED) is 0.453. The number of carbonyl (C=O) groups is 1. The van der Waals surface area contributed by atoms with Gasteiger partial charge in [0.15, 0.2) is 0 Å². The van der Waals surface area contributed by atoms with E-state index in [4.69, 9.17) is 9.47 Å². The van der Waals surface area contributed by atoms with E-state index in [0.717, 1.165) is 6.42 Å². The molecule has 0 N–H and O–H groups in total. The van der Waals surface area contributed by atoms with E-state index in [1.54, 1.807) is 12.3 Å². The molecule has 1 aliphatic heterocycles. The summed E-state index contributed by atoms with van der Waals surface area (Å²) in [5.74, 6) is -0.220. The molecule has 0 radical (unpaired) electrons. The lowest BCUT2D eigenvalue weighted by Gasteiger charge is -1.96. The van der Waals surface area contributed by atoms with Crippen LogP contribution in [0.5, 0.6) is 0 Å². The Morgan fingerprint density at radius 1 is 1.82 bits per heavy atom. The number of hydrogen-bond donors (Lipinski definition) is 0. The Balaban J connectivity index is 2.30. The molecule has 1 fully saturated rings. The number of cyclic esters (lactones) is 1. The molecule has 0 spiro atoms. The molecule has 1 saturated heterocycles. The molecule has 3 heteroatoms. The highest BCUT2D eigenvalue weighted by atomic mass is 16.5. The van der Waals surface area contributed by atoms with Gasteiger partial charge in [0, 0.05) is 0 Å². The minimum atomic E-state index is -0.138. The van der Waals surface area contributed by atoms with Crippen molar-refractivity contribution in [3.05, 3.63) is 12.3 Å². The monoisotopic (exact) mass is 156 g/mol. The summed E-state index contributed by atoms with van der Waals surface area (Å²) in [6.07, 6.45) is 4.10. The van der Waals surface area contributed by atoms with Gasteiger partial charge in [0.25, 0.3) is 0 Å². The predicted molar refractivity (Wildman–Crippen MR) is 39.8 cm³/mol. The van der Waals surface area contributed by atoms with Crippen LogP contribution in [0.1, 0.15) is 13.3 Å². The maximum Gasteiger partial charge on any atom is 0.313 e. The van der Waals surface area contributed by atoms with Crippen molar-refractivity contribution < 1.29 is 14.3 Å². The van der Waals surface area contributed by atoms with Crippen LogP contribution >= 0.6 is 0 Å². The van der Waals surface area contributed by atoms with Crippen LogP contribution in [-0.4, -0.2) is 19.2 Å². The Hall–Kier alpha value is -0.990. The third kappa shape index (κ3) is 2.26. The molecule has 11 heavy (non-hydrogen) atoms. The molecule has 1 unspecified atom stereocenters. The second kappa shape index (κ2) is 4.01. The van der Waals surface area contributed by atoms with Crippen molar-refractivity contribution >= 4 is 5.97 Å². The van der Waals surface area contributed by atoms with Gasteiger partial charge in [0.1, 0.15) is 0 Å². The zero-order chi connectivity index (χ0) is 8.10. The number of esters is 1. The van der Waals surface area contributed by atoms with Crippen molar-refractivity contribution in [1.82, 2.24) is 0 Å². The van der Waals surface area contributed by atoms with E-state index in [1.807, 2.05) is 6.92 Å². The van der Waals surface area contributed by atoms with Crippen LogP contribution in [0.15, 0.2) is 12.3 Å². The summed E-state index contributed by atoms with van der Waals surface area (Å²) >= 11 is 0. The Kier molecular flexibility index (Phi) is 2.95. The largest absolute Gasteiger partial charge is 0.502 e. The van der Waals surface area contributed by atoms with Crippen molar-refractivity contribution in [2.75, 3.05) is 13.2 Å². The van der Waals surface area contributed by atoms with Crippen molar-refractivity contribution in [3.8, 4) is 0 Å². The number of carbonyl (C=O) groups excluding carboxylic acids is 1. The number of hydrogen-bond acceptors (Lipinski definition) is 3. The summed E-state index contributed by atoms with van der Waals surface area (Å²) in [7, 11) is 0. The molecule has 0 aromatic heterocycles. The minimum Gasteiger partial charge on any atom is -0.502 e. The molecule has 0 aromatic carbocycles. The molecule has 0 bridgehead atoms. The summed E-state index contributed by atoms with van der Waals surface area (Å²) in [5.41, 5.74) is 0. The van der Waals surface area contributed by atoms with E-state index in [9.17, 15) is 4.79 Å². The van der Waals surface area contributed by atoms with E-state index in [-0.39, 0.29) is 11.9 Å². The molecule has 0 aromatic rings. The fraction of sp³-hybridized carbons (Fsp3) is 0.625. The lowest BCUT2D eigenvalue weighted by molar-refractivity contribution is -0.140. The average molecular weight is 156 g/mol. The Morgan fingerprint density at radius 2 is 2.64 bits per heavy atom. The molecule has 1 aliphatic rings. The van der Waals surface area contributed by atoms with Crippen molar-refractivity contribution in [2.24, 2.45) is 5.92 Å². The molecule has 3 nitrogen and oxygen atoms in total. The van der Waals surface area contributed by atoms with E-state index in [0.29, 0.717) is 13.2 Å². The maximum absolute atomic E-state index is 10.8. The van der Waals surface area contributed by atoms with E-state index in [2.05, 4.69) is 0 Å². The van der Waals surface area contributed by atoms with Gasteiger partial charge in [-0.25, -0.2) is 0 Å². The van der Waals surface area contributed by atoms with E-state index in [1.165, 1.54) is 0 Å². The summed E-state index contributed by atoms with van der Waals surface area (Å²) in [6, 6.07) is 0. The fourth-order valence-electron chi connectivity index (χ4n) is 0.933. The molecule has 1 atom stereocenters. The average Bonchev–Trinajstić information content (AvgIpc) is 2.37. The maximum atomic E-state index is 10.8. The van der Waals surface area contributed by atoms with Crippen LogP contribution in [0, 0.1) is 5.92 Å². The topological polar surface area (TPSA) is 35.5 Å². The van der Waals surface area contributed by atoms with Crippen molar-refractivity contribution in [2.45, 2.75) is 13.3 Å². The van der Waals surface area contributed by atoms with Crippen LogP contribution in [0.2, 0.25) is 0 Å². The first kappa shape index (κ1) is 8.11. The molecule has 1 heterocycles. The van der Waals surface area contributed by atoms with E-state index >= 15 is 0 Å². The highest BCUT2D eigenvalue weighted by molar-refractivity contribution is 5.75. The number of rotatable bonds is 3. The van der Waals surface area contributed by atoms with Crippen LogP contribution < -0.4 is 0 Å². The Morgan fingerprint density at radius 3 is 3.18 bits per heavy atom. The predicted octanol–water partition coefficient (Wildman–Crippen LogP) is 1.10.